The molecule has 0 bridgehead atoms. The second-order valence-corrected chi connectivity index (χ2v) is 8.93. The zero-order chi connectivity index (χ0) is 19.7. The molecule has 0 radical (unpaired) electrons. The molecule has 0 aliphatic rings. The highest BCUT2D eigenvalue weighted by Gasteiger charge is 2.16. The van der Waals surface area contributed by atoms with Crippen LogP contribution in [0.25, 0.3) is 58.4 Å². The Kier molecular flexibility index (Phi) is 3.21. The zero-order valence-electron chi connectivity index (χ0n) is 16.2. The Morgan fingerprint density at radius 3 is 2.00 bits per heavy atom. The summed E-state index contributed by atoms with van der Waals surface area (Å²) in [5.41, 5.74) is 3.73. The molecule has 0 N–H and O–H groups in total. The molecular formula is C28H17NS. The van der Waals surface area contributed by atoms with Crippen molar-refractivity contribution in [2.45, 2.75) is 0 Å². The molecule has 2 heteroatoms. The van der Waals surface area contributed by atoms with Crippen molar-refractivity contribution in [3.05, 3.63) is 103 Å². The van der Waals surface area contributed by atoms with Crippen LogP contribution in [-0.2, 0) is 0 Å². The summed E-state index contributed by atoms with van der Waals surface area (Å²) in [7, 11) is 0. The number of benzene rings is 5. The Balaban J connectivity index is 1.73. The van der Waals surface area contributed by atoms with Crippen molar-refractivity contribution in [3.8, 4) is 5.69 Å². The van der Waals surface area contributed by atoms with Crippen molar-refractivity contribution < 1.29 is 0 Å². The van der Waals surface area contributed by atoms with Gasteiger partial charge in [0.15, 0.2) is 0 Å². The third-order valence-corrected chi connectivity index (χ3v) is 7.28. The highest BCUT2D eigenvalue weighted by molar-refractivity contribution is 7.25. The highest BCUT2D eigenvalue weighted by Crippen LogP contribution is 2.41. The van der Waals surface area contributed by atoms with Gasteiger partial charge >= 0.3 is 0 Å². The van der Waals surface area contributed by atoms with Crippen LogP contribution in [0, 0.1) is 0 Å². The van der Waals surface area contributed by atoms with Gasteiger partial charge in [-0.15, -0.1) is 11.3 Å². The van der Waals surface area contributed by atoms with Gasteiger partial charge in [0.05, 0.1) is 11.0 Å². The molecule has 0 atom stereocenters. The Morgan fingerprint density at radius 1 is 0.467 bits per heavy atom. The molecule has 7 aromatic rings. The number of fused-ring (bicyclic) bond motifs is 7. The first-order chi connectivity index (χ1) is 14.9. The first kappa shape index (κ1) is 16.2. The molecule has 0 saturated carbocycles. The lowest BCUT2D eigenvalue weighted by molar-refractivity contribution is 1.18. The minimum absolute atomic E-state index is 1.20. The second-order valence-electron chi connectivity index (χ2n) is 7.85. The van der Waals surface area contributed by atoms with Crippen LogP contribution < -0.4 is 0 Å². The fraction of sp³-hybridized carbons (Fsp3) is 0. The van der Waals surface area contributed by atoms with Gasteiger partial charge in [-0.3, -0.25) is 0 Å². The summed E-state index contributed by atoms with van der Waals surface area (Å²) in [6.07, 6.45) is 0. The predicted molar refractivity (Wildman–Crippen MR) is 131 cm³/mol. The van der Waals surface area contributed by atoms with E-state index in [1.807, 2.05) is 11.3 Å². The Morgan fingerprint density at radius 2 is 1.13 bits per heavy atom. The zero-order valence-corrected chi connectivity index (χ0v) is 17.0. The number of nitrogens with zero attached hydrogens (tertiary/aromatic N) is 1. The van der Waals surface area contributed by atoms with Gasteiger partial charge < -0.3 is 4.57 Å². The van der Waals surface area contributed by atoms with Gasteiger partial charge in [-0.25, -0.2) is 0 Å². The minimum atomic E-state index is 1.20. The largest absolute Gasteiger partial charge is 0.309 e. The maximum atomic E-state index is 2.42. The van der Waals surface area contributed by atoms with Gasteiger partial charge in [0.25, 0.3) is 0 Å². The Hall–Kier alpha value is -3.62. The standard InChI is InChI=1S/C28H17NS/c1-2-10-20(11-3-1)29-25-15-19-9-5-4-8-18(19)14-22(25)23-17-28-24(16-26(23)29)21-12-6-7-13-27(21)30-28/h1-17H. The average Bonchev–Trinajstić information content (AvgIpc) is 3.31. The third kappa shape index (κ3) is 2.17. The molecule has 0 saturated heterocycles. The summed E-state index contributed by atoms with van der Waals surface area (Å²) in [6, 6.07) is 37.6. The number of hydrogen-bond acceptors (Lipinski definition) is 1. The molecule has 7 rings (SSSR count). The number of para-hydroxylation sites is 1. The summed E-state index contributed by atoms with van der Waals surface area (Å²) in [5.74, 6) is 0. The van der Waals surface area contributed by atoms with Crippen molar-refractivity contribution in [3.63, 3.8) is 0 Å². The van der Waals surface area contributed by atoms with Gasteiger partial charge in [-0.2, -0.15) is 0 Å². The predicted octanol–water partition coefficient (Wildman–Crippen LogP) is 8.30. The molecule has 30 heavy (non-hydrogen) atoms. The second kappa shape index (κ2) is 5.94. The number of hydrogen-bond donors (Lipinski definition) is 0. The normalized spacial score (nSPS) is 12.0. The van der Waals surface area contributed by atoms with E-state index in [0.717, 1.165) is 0 Å². The lowest BCUT2D eigenvalue weighted by Crippen LogP contribution is -1.93. The molecular weight excluding hydrogens is 382 g/mol. The average molecular weight is 400 g/mol. The van der Waals surface area contributed by atoms with Gasteiger partial charge in [-0.1, -0.05) is 60.7 Å². The summed E-state index contributed by atoms with van der Waals surface area (Å²) >= 11 is 1.88. The number of rotatable bonds is 1. The van der Waals surface area contributed by atoms with Crippen LogP contribution in [0.5, 0.6) is 0 Å². The summed E-state index contributed by atoms with van der Waals surface area (Å²) in [6.45, 7) is 0. The third-order valence-electron chi connectivity index (χ3n) is 6.15. The van der Waals surface area contributed by atoms with Crippen LogP contribution in [0.3, 0.4) is 0 Å². The van der Waals surface area contributed by atoms with E-state index in [2.05, 4.69) is 108 Å². The van der Waals surface area contributed by atoms with Crippen molar-refractivity contribution in [1.82, 2.24) is 4.57 Å². The van der Waals surface area contributed by atoms with Gasteiger partial charge in [-0.05, 0) is 53.2 Å². The highest BCUT2D eigenvalue weighted by atomic mass is 32.1. The Labute approximate surface area is 177 Å². The van der Waals surface area contributed by atoms with Crippen LogP contribution in [0.1, 0.15) is 0 Å². The van der Waals surface area contributed by atoms with Gasteiger partial charge in [0.2, 0.25) is 0 Å². The molecule has 2 heterocycles. The topological polar surface area (TPSA) is 4.93 Å². The van der Waals surface area contributed by atoms with Crippen molar-refractivity contribution >= 4 is 64.1 Å². The van der Waals surface area contributed by atoms with Crippen molar-refractivity contribution in [2.75, 3.05) is 0 Å². The summed E-state index contributed by atoms with van der Waals surface area (Å²) in [5, 5.41) is 7.87. The first-order valence-electron chi connectivity index (χ1n) is 10.2. The number of thiophene rings is 1. The molecule has 2 aromatic heterocycles. The van der Waals surface area contributed by atoms with Crippen molar-refractivity contribution in [2.24, 2.45) is 0 Å². The molecule has 0 amide bonds. The van der Waals surface area contributed by atoms with E-state index in [1.54, 1.807) is 0 Å². The van der Waals surface area contributed by atoms with E-state index in [1.165, 1.54) is 58.4 Å². The lowest BCUT2D eigenvalue weighted by Gasteiger charge is -2.08. The summed E-state index contributed by atoms with van der Waals surface area (Å²) in [4.78, 5) is 0. The van der Waals surface area contributed by atoms with E-state index in [4.69, 9.17) is 0 Å². The lowest BCUT2D eigenvalue weighted by atomic mass is 10.1. The van der Waals surface area contributed by atoms with E-state index >= 15 is 0 Å². The van der Waals surface area contributed by atoms with Crippen LogP contribution in [0.15, 0.2) is 103 Å². The molecule has 0 aliphatic carbocycles. The monoisotopic (exact) mass is 399 g/mol. The smallest absolute Gasteiger partial charge is 0.0548 e. The summed E-state index contributed by atoms with van der Waals surface area (Å²) < 4.78 is 5.12. The minimum Gasteiger partial charge on any atom is -0.309 e. The van der Waals surface area contributed by atoms with Gasteiger partial charge in [0, 0.05) is 36.6 Å². The molecule has 0 aliphatic heterocycles. The molecule has 0 fully saturated rings. The van der Waals surface area contributed by atoms with E-state index in [0.29, 0.717) is 0 Å². The van der Waals surface area contributed by atoms with Gasteiger partial charge in [0.1, 0.15) is 0 Å². The fourth-order valence-electron chi connectivity index (χ4n) is 4.77. The maximum Gasteiger partial charge on any atom is 0.0548 e. The molecule has 1 nitrogen and oxygen atoms in total. The van der Waals surface area contributed by atoms with Crippen LogP contribution in [-0.4, -0.2) is 4.57 Å². The maximum absolute atomic E-state index is 2.42. The SMILES string of the molecule is c1ccc(-n2c3cc4ccccc4cc3c3cc4sc5ccccc5c4cc32)cc1. The molecule has 0 unspecified atom stereocenters. The molecule has 5 aromatic carbocycles. The van der Waals surface area contributed by atoms with E-state index in [9.17, 15) is 0 Å². The van der Waals surface area contributed by atoms with Crippen LogP contribution in [0.4, 0.5) is 0 Å². The molecule has 140 valence electrons. The van der Waals surface area contributed by atoms with Crippen molar-refractivity contribution in [1.29, 1.82) is 0 Å². The van der Waals surface area contributed by atoms with Crippen LogP contribution >= 0.6 is 11.3 Å². The first-order valence-corrected chi connectivity index (χ1v) is 11.0. The van der Waals surface area contributed by atoms with E-state index in [-0.39, 0.29) is 0 Å². The van der Waals surface area contributed by atoms with E-state index < -0.39 is 0 Å². The van der Waals surface area contributed by atoms with Crippen LogP contribution in [0.2, 0.25) is 0 Å². The molecule has 0 spiro atoms. The Bertz CT molecular complexity index is 1740. The fourth-order valence-corrected chi connectivity index (χ4v) is 5.90. The quantitative estimate of drug-likeness (QED) is 0.262. The number of aromatic nitrogens is 1.